The van der Waals surface area contributed by atoms with E-state index in [1.807, 2.05) is 25.1 Å². The molecule has 2 aromatic carbocycles. The Morgan fingerprint density at radius 1 is 1.16 bits per heavy atom. The van der Waals surface area contributed by atoms with Crippen LogP contribution < -0.4 is 10.1 Å². The summed E-state index contributed by atoms with van der Waals surface area (Å²) in [6.45, 7) is 2.45. The van der Waals surface area contributed by atoms with E-state index < -0.39 is 5.97 Å². The number of carbonyl (C=O) groups excluding carboxylic acids is 2. The van der Waals surface area contributed by atoms with Crippen LogP contribution in [0.25, 0.3) is 6.08 Å². The number of hydrogen-bond acceptors (Lipinski definition) is 4. The second-order valence-corrected chi connectivity index (χ2v) is 5.92. The average molecular weight is 404 g/mol. The number of nitrogens with one attached hydrogen (secondary N) is 1. The molecule has 0 unspecified atom stereocenters. The van der Waals surface area contributed by atoms with Crippen molar-refractivity contribution in [1.82, 2.24) is 0 Å². The average Bonchev–Trinajstić information content (AvgIpc) is 2.62. The summed E-state index contributed by atoms with van der Waals surface area (Å²) in [5, 5.41) is 2.73. The van der Waals surface area contributed by atoms with Crippen LogP contribution in [0.15, 0.2) is 53.0 Å². The molecule has 0 atom stereocenters. The minimum atomic E-state index is -0.420. The minimum Gasteiger partial charge on any atom is -0.493 e. The molecule has 0 spiro atoms. The summed E-state index contributed by atoms with van der Waals surface area (Å²) >= 11 is 3.40. The Kier molecular flexibility index (Phi) is 6.77. The number of methoxy groups -OCH3 is 1. The molecular formula is C19H18BrNO4. The van der Waals surface area contributed by atoms with Crippen molar-refractivity contribution in [2.75, 3.05) is 19.0 Å². The summed E-state index contributed by atoms with van der Waals surface area (Å²) < 4.78 is 11.1. The number of ether oxygens (including phenoxy) is 2. The van der Waals surface area contributed by atoms with Gasteiger partial charge in [-0.3, -0.25) is 4.79 Å². The van der Waals surface area contributed by atoms with Gasteiger partial charge in [-0.15, -0.1) is 0 Å². The topological polar surface area (TPSA) is 64.6 Å². The summed E-state index contributed by atoms with van der Waals surface area (Å²) in [4.78, 5) is 23.5. The first-order chi connectivity index (χ1) is 12.0. The Bertz CT molecular complexity index is 785. The van der Waals surface area contributed by atoms with Crippen molar-refractivity contribution < 1.29 is 19.1 Å². The van der Waals surface area contributed by atoms with Crippen molar-refractivity contribution in [1.29, 1.82) is 0 Å². The zero-order valence-corrected chi connectivity index (χ0v) is 15.5. The van der Waals surface area contributed by atoms with Gasteiger partial charge in [0.25, 0.3) is 0 Å². The van der Waals surface area contributed by atoms with Gasteiger partial charge in [0.15, 0.2) is 0 Å². The van der Waals surface area contributed by atoms with Crippen molar-refractivity contribution >= 4 is 39.6 Å². The lowest BCUT2D eigenvalue weighted by Crippen LogP contribution is -2.08. The van der Waals surface area contributed by atoms with Crippen LogP contribution in [0.4, 0.5) is 5.69 Å². The highest BCUT2D eigenvalue weighted by atomic mass is 79.9. The first-order valence-electron chi connectivity index (χ1n) is 7.63. The van der Waals surface area contributed by atoms with Crippen LogP contribution in [0.2, 0.25) is 0 Å². The van der Waals surface area contributed by atoms with Gasteiger partial charge >= 0.3 is 5.97 Å². The molecule has 130 valence electrons. The van der Waals surface area contributed by atoms with Gasteiger partial charge in [-0.1, -0.05) is 15.9 Å². The van der Waals surface area contributed by atoms with E-state index in [2.05, 4.69) is 26.0 Å². The fourth-order valence-corrected chi connectivity index (χ4v) is 2.47. The summed E-state index contributed by atoms with van der Waals surface area (Å²) in [6, 6.07) is 12.1. The van der Waals surface area contributed by atoms with Gasteiger partial charge < -0.3 is 14.8 Å². The zero-order valence-electron chi connectivity index (χ0n) is 13.9. The molecule has 0 heterocycles. The quantitative estimate of drug-likeness (QED) is 0.577. The first-order valence-corrected chi connectivity index (χ1v) is 8.42. The van der Waals surface area contributed by atoms with E-state index >= 15 is 0 Å². The van der Waals surface area contributed by atoms with Crippen molar-refractivity contribution in [3.05, 3.63) is 64.1 Å². The van der Waals surface area contributed by atoms with Gasteiger partial charge in [0, 0.05) is 21.8 Å². The lowest BCUT2D eigenvalue weighted by molar-refractivity contribution is -0.111. The number of carbonyl (C=O) groups is 2. The number of halogens is 1. The Hall–Kier alpha value is -2.60. The van der Waals surface area contributed by atoms with E-state index in [1.165, 1.54) is 13.2 Å². The molecule has 0 bridgehead atoms. The van der Waals surface area contributed by atoms with E-state index in [4.69, 9.17) is 4.74 Å². The number of rotatable bonds is 6. The molecule has 0 radical (unpaired) electrons. The van der Waals surface area contributed by atoms with Crippen LogP contribution in [-0.2, 0) is 9.53 Å². The smallest absolute Gasteiger partial charge is 0.337 e. The molecule has 0 aliphatic heterocycles. The maximum atomic E-state index is 12.1. The molecule has 2 rings (SSSR count). The standard InChI is InChI=1S/C19H18BrNO4/c1-3-25-17-10-7-15(20)12-14(17)6-11-18(22)21-16-8-4-13(5-9-16)19(23)24-2/h4-12H,3H2,1-2H3,(H,21,22)/b11-6+. The predicted molar refractivity (Wildman–Crippen MR) is 101 cm³/mol. The van der Waals surface area contributed by atoms with E-state index in [1.54, 1.807) is 30.3 Å². The number of hydrogen-bond donors (Lipinski definition) is 1. The monoisotopic (exact) mass is 403 g/mol. The molecule has 0 saturated heterocycles. The molecule has 0 aliphatic carbocycles. The second kappa shape index (κ2) is 9.03. The van der Waals surface area contributed by atoms with Crippen molar-refractivity contribution in [3.63, 3.8) is 0 Å². The number of benzene rings is 2. The number of esters is 1. The summed E-state index contributed by atoms with van der Waals surface area (Å²) in [7, 11) is 1.32. The largest absolute Gasteiger partial charge is 0.493 e. The molecule has 5 nitrogen and oxygen atoms in total. The highest BCUT2D eigenvalue weighted by Crippen LogP contribution is 2.24. The summed E-state index contributed by atoms with van der Waals surface area (Å²) in [6.07, 6.45) is 3.12. The zero-order chi connectivity index (χ0) is 18.2. The fourth-order valence-electron chi connectivity index (χ4n) is 2.09. The Labute approximate surface area is 154 Å². The lowest BCUT2D eigenvalue weighted by Gasteiger charge is -2.07. The Morgan fingerprint density at radius 2 is 1.88 bits per heavy atom. The van der Waals surface area contributed by atoms with Gasteiger partial charge in [0.2, 0.25) is 5.91 Å². The molecule has 2 aromatic rings. The molecule has 0 saturated carbocycles. The van der Waals surface area contributed by atoms with Crippen LogP contribution in [0.1, 0.15) is 22.8 Å². The van der Waals surface area contributed by atoms with Crippen molar-refractivity contribution in [3.8, 4) is 5.75 Å². The molecule has 1 amide bonds. The minimum absolute atomic E-state index is 0.284. The normalized spacial score (nSPS) is 10.5. The predicted octanol–water partition coefficient (Wildman–Crippen LogP) is 4.29. The van der Waals surface area contributed by atoms with E-state index in [9.17, 15) is 9.59 Å². The van der Waals surface area contributed by atoms with Gasteiger partial charge in [-0.25, -0.2) is 4.79 Å². The summed E-state index contributed by atoms with van der Waals surface area (Å²) in [5.41, 5.74) is 1.81. The highest BCUT2D eigenvalue weighted by Gasteiger charge is 2.06. The molecular weight excluding hydrogens is 386 g/mol. The van der Waals surface area contributed by atoms with Gasteiger partial charge in [0.1, 0.15) is 5.75 Å². The third-order valence-electron chi connectivity index (χ3n) is 3.26. The van der Waals surface area contributed by atoms with Crippen LogP contribution in [0.5, 0.6) is 5.75 Å². The Balaban J connectivity index is 2.06. The third kappa shape index (κ3) is 5.46. The maximum absolute atomic E-state index is 12.1. The van der Waals surface area contributed by atoms with E-state index in [-0.39, 0.29) is 5.91 Å². The summed E-state index contributed by atoms with van der Waals surface area (Å²) in [5.74, 6) is 0.00121. The molecule has 0 fully saturated rings. The van der Waals surface area contributed by atoms with E-state index in [0.717, 1.165) is 10.0 Å². The molecule has 25 heavy (non-hydrogen) atoms. The second-order valence-electron chi connectivity index (χ2n) is 5.01. The van der Waals surface area contributed by atoms with Gasteiger partial charge in [-0.2, -0.15) is 0 Å². The SMILES string of the molecule is CCOc1ccc(Br)cc1/C=C/C(=O)Nc1ccc(C(=O)OC)cc1. The van der Waals surface area contributed by atoms with Crippen LogP contribution in [0, 0.1) is 0 Å². The highest BCUT2D eigenvalue weighted by molar-refractivity contribution is 9.10. The van der Waals surface area contributed by atoms with Crippen LogP contribution >= 0.6 is 15.9 Å². The molecule has 1 N–H and O–H groups in total. The fraction of sp³-hybridized carbons (Fsp3) is 0.158. The Morgan fingerprint density at radius 3 is 2.52 bits per heavy atom. The lowest BCUT2D eigenvalue weighted by atomic mass is 10.2. The number of amides is 1. The number of anilines is 1. The van der Waals surface area contributed by atoms with Gasteiger partial charge in [0.05, 0.1) is 19.3 Å². The van der Waals surface area contributed by atoms with Crippen LogP contribution in [0.3, 0.4) is 0 Å². The van der Waals surface area contributed by atoms with Gasteiger partial charge in [-0.05, 0) is 55.5 Å². The molecule has 0 aliphatic rings. The van der Waals surface area contributed by atoms with Crippen molar-refractivity contribution in [2.24, 2.45) is 0 Å². The van der Waals surface area contributed by atoms with Crippen molar-refractivity contribution in [2.45, 2.75) is 6.92 Å². The van der Waals surface area contributed by atoms with E-state index in [0.29, 0.717) is 23.6 Å². The van der Waals surface area contributed by atoms with Crippen LogP contribution in [-0.4, -0.2) is 25.6 Å². The first kappa shape index (κ1) is 18.7. The third-order valence-corrected chi connectivity index (χ3v) is 3.75. The molecule has 0 aromatic heterocycles. The maximum Gasteiger partial charge on any atom is 0.337 e. The molecule has 6 heteroatoms.